The lowest BCUT2D eigenvalue weighted by Gasteiger charge is -2.56. The number of hydrogen-bond acceptors (Lipinski definition) is 6. The maximum atomic E-state index is 13.0. The molecule has 1 saturated carbocycles. The second-order valence-electron chi connectivity index (χ2n) is 9.86. The van der Waals surface area contributed by atoms with Gasteiger partial charge in [-0.25, -0.2) is 0 Å². The molecule has 0 bridgehead atoms. The molecule has 0 aromatic heterocycles. The topological polar surface area (TPSA) is 60.1 Å². The van der Waals surface area contributed by atoms with Gasteiger partial charge in [0.25, 0.3) is 0 Å². The molecule has 5 rings (SSSR count). The Balaban J connectivity index is 1.13. The summed E-state index contributed by atoms with van der Waals surface area (Å²) in [7, 11) is 2.17. The SMILES string of the molecule is CN1CCN(CCOc2ccccc2NC(=O)C2CC3(C2)NCCN2CCCC23)CC1. The van der Waals surface area contributed by atoms with Crippen LogP contribution in [0, 0.1) is 5.92 Å². The zero-order valence-corrected chi connectivity index (χ0v) is 18.8. The number of rotatable bonds is 6. The Hall–Kier alpha value is -1.67. The van der Waals surface area contributed by atoms with Crippen LogP contribution in [0.25, 0.3) is 0 Å². The van der Waals surface area contributed by atoms with E-state index in [2.05, 4.69) is 32.4 Å². The number of carbonyl (C=O) groups excluding carboxylic acids is 1. The highest BCUT2D eigenvalue weighted by Gasteiger charge is 2.55. The minimum Gasteiger partial charge on any atom is -0.490 e. The highest BCUT2D eigenvalue weighted by molar-refractivity contribution is 5.94. The van der Waals surface area contributed by atoms with Gasteiger partial charge in [0.05, 0.1) is 5.69 Å². The number of para-hydroxylation sites is 2. The molecule has 7 nitrogen and oxygen atoms in total. The molecule has 3 saturated heterocycles. The molecule has 1 amide bonds. The van der Waals surface area contributed by atoms with E-state index in [0.29, 0.717) is 12.6 Å². The minimum absolute atomic E-state index is 0.0893. The van der Waals surface area contributed by atoms with Gasteiger partial charge in [-0.1, -0.05) is 12.1 Å². The maximum Gasteiger partial charge on any atom is 0.227 e. The van der Waals surface area contributed by atoms with Crippen LogP contribution in [-0.4, -0.2) is 98.2 Å². The molecule has 3 heterocycles. The summed E-state index contributed by atoms with van der Waals surface area (Å²) in [5.74, 6) is 1.00. The van der Waals surface area contributed by atoms with Crippen molar-refractivity contribution in [2.45, 2.75) is 37.3 Å². The van der Waals surface area contributed by atoms with Gasteiger partial charge >= 0.3 is 0 Å². The van der Waals surface area contributed by atoms with Crippen LogP contribution in [0.3, 0.4) is 0 Å². The quantitative estimate of drug-likeness (QED) is 0.717. The van der Waals surface area contributed by atoms with Gasteiger partial charge < -0.3 is 20.3 Å². The van der Waals surface area contributed by atoms with Crippen LogP contribution in [0.2, 0.25) is 0 Å². The van der Waals surface area contributed by atoms with Crippen LogP contribution >= 0.6 is 0 Å². The molecule has 2 N–H and O–H groups in total. The zero-order chi connectivity index (χ0) is 21.3. The largest absolute Gasteiger partial charge is 0.490 e. The number of likely N-dealkylation sites (N-methyl/N-ethyl adjacent to an activating group) is 1. The third-order valence-corrected chi connectivity index (χ3v) is 7.88. The number of ether oxygens (including phenoxy) is 1. The third kappa shape index (κ3) is 4.46. The number of anilines is 1. The van der Waals surface area contributed by atoms with E-state index in [1.807, 2.05) is 24.3 Å². The van der Waals surface area contributed by atoms with Crippen molar-refractivity contribution in [2.24, 2.45) is 5.92 Å². The summed E-state index contributed by atoms with van der Waals surface area (Å²) >= 11 is 0. The molecule has 1 aliphatic carbocycles. The first-order valence-corrected chi connectivity index (χ1v) is 12.1. The van der Waals surface area contributed by atoms with Crippen molar-refractivity contribution < 1.29 is 9.53 Å². The van der Waals surface area contributed by atoms with Crippen molar-refractivity contribution in [1.29, 1.82) is 0 Å². The van der Waals surface area contributed by atoms with Gasteiger partial charge in [-0.3, -0.25) is 14.6 Å². The van der Waals surface area contributed by atoms with E-state index in [1.54, 1.807) is 0 Å². The van der Waals surface area contributed by atoms with Crippen molar-refractivity contribution in [1.82, 2.24) is 20.0 Å². The Morgan fingerprint density at radius 3 is 2.81 bits per heavy atom. The van der Waals surface area contributed by atoms with Crippen LogP contribution in [-0.2, 0) is 4.79 Å². The van der Waals surface area contributed by atoms with Crippen molar-refractivity contribution in [3.05, 3.63) is 24.3 Å². The molecule has 1 atom stereocenters. The zero-order valence-electron chi connectivity index (χ0n) is 18.8. The second kappa shape index (κ2) is 9.06. The Morgan fingerprint density at radius 2 is 1.97 bits per heavy atom. The molecule has 1 spiro atoms. The van der Waals surface area contributed by atoms with Crippen LogP contribution in [0.15, 0.2) is 24.3 Å². The Bertz CT molecular complexity index is 773. The fraction of sp³-hybridized carbons (Fsp3) is 0.708. The summed E-state index contributed by atoms with van der Waals surface area (Å²) in [5.41, 5.74) is 0.959. The predicted octanol–water partition coefficient (Wildman–Crippen LogP) is 1.47. The second-order valence-corrected chi connectivity index (χ2v) is 9.86. The Morgan fingerprint density at radius 1 is 1.16 bits per heavy atom. The molecular formula is C24H37N5O2. The van der Waals surface area contributed by atoms with Gasteiger partial charge in [0, 0.05) is 63.3 Å². The van der Waals surface area contributed by atoms with Crippen molar-refractivity contribution in [3.63, 3.8) is 0 Å². The molecule has 4 fully saturated rings. The van der Waals surface area contributed by atoms with E-state index >= 15 is 0 Å². The lowest BCUT2D eigenvalue weighted by Crippen LogP contribution is -2.71. The number of carbonyl (C=O) groups is 1. The number of hydrogen-bond donors (Lipinski definition) is 2. The molecule has 4 aliphatic rings. The van der Waals surface area contributed by atoms with E-state index in [9.17, 15) is 4.79 Å². The Labute approximate surface area is 186 Å². The minimum atomic E-state index is 0.0893. The summed E-state index contributed by atoms with van der Waals surface area (Å²) < 4.78 is 6.08. The van der Waals surface area contributed by atoms with Gasteiger partial charge in [0.15, 0.2) is 0 Å². The molecule has 31 heavy (non-hydrogen) atoms. The lowest BCUT2D eigenvalue weighted by atomic mass is 9.62. The fourth-order valence-corrected chi connectivity index (χ4v) is 5.99. The first-order valence-electron chi connectivity index (χ1n) is 12.1. The maximum absolute atomic E-state index is 13.0. The van der Waals surface area contributed by atoms with Gasteiger partial charge in [-0.2, -0.15) is 0 Å². The highest BCUT2D eigenvalue weighted by atomic mass is 16.5. The standard InChI is InChI=1S/C24H37N5O2/c1-27-11-13-28(14-12-27)15-16-31-21-6-3-2-5-20(21)26-23(30)19-17-24(18-19)22-7-4-9-29(22)10-8-25-24/h2-3,5-6,19,22,25H,4,7-18H2,1H3,(H,26,30). The first-order chi connectivity index (χ1) is 15.1. The summed E-state index contributed by atoms with van der Waals surface area (Å²) in [6, 6.07) is 8.47. The molecular weight excluding hydrogens is 390 g/mol. The number of nitrogens with zero attached hydrogens (tertiary/aromatic N) is 3. The van der Waals surface area contributed by atoms with E-state index in [-0.39, 0.29) is 17.4 Å². The Kier molecular flexibility index (Phi) is 6.19. The number of amides is 1. The predicted molar refractivity (Wildman–Crippen MR) is 123 cm³/mol. The van der Waals surface area contributed by atoms with Crippen LogP contribution in [0.5, 0.6) is 5.75 Å². The number of piperazine rings is 2. The van der Waals surface area contributed by atoms with Gasteiger partial charge in [0.1, 0.15) is 12.4 Å². The normalized spacial score (nSPS) is 31.9. The van der Waals surface area contributed by atoms with Crippen LogP contribution in [0.4, 0.5) is 5.69 Å². The van der Waals surface area contributed by atoms with Crippen molar-refractivity contribution >= 4 is 11.6 Å². The molecule has 1 aromatic rings. The fourth-order valence-electron chi connectivity index (χ4n) is 5.99. The molecule has 3 aliphatic heterocycles. The summed E-state index contributed by atoms with van der Waals surface area (Å²) in [5, 5.41) is 6.93. The molecule has 7 heteroatoms. The van der Waals surface area contributed by atoms with Crippen molar-refractivity contribution in [2.75, 3.05) is 71.3 Å². The monoisotopic (exact) mass is 427 g/mol. The number of nitrogens with one attached hydrogen (secondary N) is 2. The summed E-state index contributed by atoms with van der Waals surface area (Å²) in [4.78, 5) is 20.4. The highest BCUT2D eigenvalue weighted by Crippen LogP contribution is 2.47. The lowest BCUT2D eigenvalue weighted by molar-refractivity contribution is -0.127. The van der Waals surface area contributed by atoms with Gasteiger partial charge in [0.2, 0.25) is 5.91 Å². The average Bonchev–Trinajstić information content (AvgIpc) is 3.24. The van der Waals surface area contributed by atoms with Crippen LogP contribution < -0.4 is 15.4 Å². The molecule has 0 radical (unpaired) electrons. The molecule has 1 aromatic carbocycles. The third-order valence-electron chi connectivity index (χ3n) is 7.88. The van der Waals surface area contributed by atoms with E-state index in [0.717, 1.165) is 70.1 Å². The van der Waals surface area contributed by atoms with Crippen LogP contribution in [0.1, 0.15) is 25.7 Å². The van der Waals surface area contributed by atoms with Crippen molar-refractivity contribution in [3.8, 4) is 5.75 Å². The molecule has 170 valence electrons. The average molecular weight is 428 g/mol. The summed E-state index contributed by atoms with van der Waals surface area (Å²) in [6.07, 6.45) is 4.47. The van der Waals surface area contributed by atoms with E-state index in [1.165, 1.54) is 19.4 Å². The first kappa shape index (κ1) is 21.2. The number of fused-ring (bicyclic) bond motifs is 2. The molecule has 1 unspecified atom stereocenters. The van der Waals surface area contributed by atoms with Gasteiger partial charge in [-0.15, -0.1) is 0 Å². The van der Waals surface area contributed by atoms with E-state index < -0.39 is 0 Å². The van der Waals surface area contributed by atoms with Gasteiger partial charge in [-0.05, 0) is 51.4 Å². The van der Waals surface area contributed by atoms with E-state index in [4.69, 9.17) is 4.74 Å². The summed E-state index contributed by atoms with van der Waals surface area (Å²) in [6.45, 7) is 9.41. The number of benzene rings is 1. The smallest absolute Gasteiger partial charge is 0.227 e.